The SMILES string of the molecule is Cc1oc(CN(C)C(=O)c2ccccc2-c2nc(C(C)(C)C)no2)cc1C(=O)O. The molecule has 1 N–H and O–H groups in total. The van der Waals surface area contributed by atoms with E-state index in [2.05, 4.69) is 10.1 Å². The highest BCUT2D eigenvalue weighted by molar-refractivity contribution is 5.99. The van der Waals surface area contributed by atoms with Crippen molar-refractivity contribution < 1.29 is 23.6 Å². The van der Waals surface area contributed by atoms with Gasteiger partial charge < -0.3 is 18.9 Å². The summed E-state index contributed by atoms with van der Waals surface area (Å²) < 4.78 is 10.9. The fraction of sp³-hybridized carbons (Fsp3) is 0.333. The van der Waals surface area contributed by atoms with E-state index in [1.165, 1.54) is 11.0 Å². The van der Waals surface area contributed by atoms with Gasteiger partial charge in [0.15, 0.2) is 5.82 Å². The first-order valence-electron chi connectivity index (χ1n) is 9.09. The van der Waals surface area contributed by atoms with E-state index < -0.39 is 5.97 Å². The monoisotopic (exact) mass is 397 g/mol. The zero-order chi connectivity index (χ0) is 21.3. The predicted octanol–water partition coefficient (Wildman–Crippen LogP) is 3.91. The first-order chi connectivity index (χ1) is 13.6. The van der Waals surface area contributed by atoms with Gasteiger partial charge >= 0.3 is 5.97 Å². The van der Waals surface area contributed by atoms with Crippen LogP contribution in [-0.2, 0) is 12.0 Å². The lowest BCUT2D eigenvalue weighted by Gasteiger charge is -2.17. The Morgan fingerprint density at radius 2 is 1.86 bits per heavy atom. The van der Waals surface area contributed by atoms with Crippen LogP contribution in [0.1, 0.15) is 58.8 Å². The molecule has 0 atom stereocenters. The van der Waals surface area contributed by atoms with Gasteiger partial charge in [0.1, 0.15) is 17.1 Å². The van der Waals surface area contributed by atoms with Gasteiger partial charge in [0.05, 0.1) is 17.7 Å². The summed E-state index contributed by atoms with van der Waals surface area (Å²) in [7, 11) is 1.62. The summed E-state index contributed by atoms with van der Waals surface area (Å²) in [5, 5.41) is 13.2. The standard InChI is InChI=1S/C21H23N3O5/c1-12-16(19(26)27)10-13(28-12)11-24(5)18(25)15-9-7-6-8-14(15)17-22-20(23-29-17)21(2,3)4/h6-10H,11H2,1-5H3,(H,26,27). The lowest BCUT2D eigenvalue weighted by Crippen LogP contribution is -2.26. The van der Waals surface area contributed by atoms with Crippen molar-refractivity contribution in [1.29, 1.82) is 0 Å². The van der Waals surface area contributed by atoms with Crippen molar-refractivity contribution in [2.24, 2.45) is 0 Å². The molecule has 1 aromatic carbocycles. The topological polar surface area (TPSA) is 110 Å². The quantitative estimate of drug-likeness (QED) is 0.695. The Morgan fingerprint density at radius 3 is 2.45 bits per heavy atom. The third-order valence-corrected chi connectivity index (χ3v) is 4.42. The summed E-state index contributed by atoms with van der Waals surface area (Å²) in [5.74, 6) is 0.171. The molecule has 8 nitrogen and oxygen atoms in total. The van der Waals surface area contributed by atoms with E-state index >= 15 is 0 Å². The van der Waals surface area contributed by atoms with E-state index in [1.54, 1.807) is 38.2 Å². The maximum Gasteiger partial charge on any atom is 0.339 e. The van der Waals surface area contributed by atoms with E-state index in [0.29, 0.717) is 28.5 Å². The molecule has 2 heterocycles. The average molecular weight is 397 g/mol. The minimum atomic E-state index is -1.07. The van der Waals surface area contributed by atoms with Crippen molar-refractivity contribution in [3.05, 3.63) is 58.8 Å². The molecule has 0 spiro atoms. The van der Waals surface area contributed by atoms with Crippen molar-refractivity contribution in [3.63, 3.8) is 0 Å². The van der Waals surface area contributed by atoms with Crippen LogP contribution in [0.3, 0.4) is 0 Å². The van der Waals surface area contributed by atoms with Crippen LogP contribution >= 0.6 is 0 Å². The molecule has 0 aliphatic carbocycles. The fourth-order valence-electron chi connectivity index (χ4n) is 2.84. The molecular formula is C21H23N3O5. The Kier molecular flexibility index (Phi) is 5.28. The van der Waals surface area contributed by atoms with Gasteiger partial charge in [0, 0.05) is 12.5 Å². The molecule has 0 saturated heterocycles. The molecule has 0 radical (unpaired) electrons. The fourth-order valence-corrected chi connectivity index (χ4v) is 2.84. The number of nitrogens with zero attached hydrogens (tertiary/aromatic N) is 3. The molecule has 3 aromatic rings. The number of hydrogen-bond acceptors (Lipinski definition) is 6. The van der Waals surface area contributed by atoms with Crippen molar-refractivity contribution in [1.82, 2.24) is 15.0 Å². The number of rotatable bonds is 5. The number of carbonyl (C=O) groups excluding carboxylic acids is 1. The zero-order valence-electron chi connectivity index (χ0n) is 17.0. The summed E-state index contributed by atoms with van der Waals surface area (Å²) in [6.45, 7) is 7.63. The highest BCUT2D eigenvalue weighted by Gasteiger charge is 2.25. The van der Waals surface area contributed by atoms with E-state index in [1.807, 2.05) is 20.8 Å². The first-order valence-corrected chi connectivity index (χ1v) is 9.09. The van der Waals surface area contributed by atoms with Crippen LogP contribution in [0.2, 0.25) is 0 Å². The van der Waals surface area contributed by atoms with Gasteiger partial charge in [0.2, 0.25) is 0 Å². The summed E-state index contributed by atoms with van der Waals surface area (Å²) in [6.07, 6.45) is 0. The molecule has 0 aliphatic heterocycles. The third kappa shape index (κ3) is 4.21. The van der Waals surface area contributed by atoms with E-state index in [-0.39, 0.29) is 29.3 Å². The van der Waals surface area contributed by atoms with Crippen LogP contribution in [0.4, 0.5) is 0 Å². The molecule has 0 fully saturated rings. The summed E-state index contributed by atoms with van der Waals surface area (Å²) in [4.78, 5) is 30.1. The zero-order valence-corrected chi connectivity index (χ0v) is 17.0. The third-order valence-electron chi connectivity index (χ3n) is 4.42. The molecule has 3 rings (SSSR count). The van der Waals surface area contributed by atoms with Gasteiger partial charge in [-0.3, -0.25) is 4.79 Å². The van der Waals surface area contributed by atoms with Gasteiger partial charge in [-0.25, -0.2) is 4.79 Å². The number of aryl methyl sites for hydroxylation is 1. The Hall–Kier alpha value is -3.42. The summed E-state index contributed by atoms with van der Waals surface area (Å²) >= 11 is 0. The largest absolute Gasteiger partial charge is 0.478 e. The lowest BCUT2D eigenvalue weighted by molar-refractivity contribution is 0.0694. The van der Waals surface area contributed by atoms with Crippen LogP contribution in [0.5, 0.6) is 0 Å². The van der Waals surface area contributed by atoms with E-state index in [9.17, 15) is 9.59 Å². The number of carboxylic acid groups (broad SMARTS) is 1. The van der Waals surface area contributed by atoms with Crippen LogP contribution in [0, 0.1) is 6.92 Å². The van der Waals surface area contributed by atoms with E-state index in [4.69, 9.17) is 14.0 Å². The predicted molar refractivity (Wildman–Crippen MR) is 105 cm³/mol. The second-order valence-electron chi connectivity index (χ2n) is 7.87. The summed E-state index contributed by atoms with van der Waals surface area (Å²) in [6, 6.07) is 8.42. The van der Waals surface area contributed by atoms with Crippen LogP contribution in [0.15, 0.2) is 39.3 Å². The average Bonchev–Trinajstić information content (AvgIpc) is 3.28. The van der Waals surface area contributed by atoms with E-state index in [0.717, 1.165) is 0 Å². The van der Waals surface area contributed by atoms with Gasteiger partial charge in [-0.1, -0.05) is 38.1 Å². The van der Waals surface area contributed by atoms with Crippen molar-refractivity contribution in [2.45, 2.75) is 39.7 Å². The molecule has 0 bridgehead atoms. The van der Waals surface area contributed by atoms with Crippen LogP contribution in [0.25, 0.3) is 11.5 Å². The number of hydrogen-bond donors (Lipinski definition) is 1. The molecule has 0 saturated carbocycles. The maximum atomic E-state index is 13.1. The molecule has 2 aromatic heterocycles. The van der Waals surface area contributed by atoms with Gasteiger partial charge in [-0.05, 0) is 25.1 Å². The van der Waals surface area contributed by atoms with Gasteiger partial charge in [0.25, 0.3) is 11.8 Å². The maximum absolute atomic E-state index is 13.1. The highest BCUT2D eigenvalue weighted by Crippen LogP contribution is 2.27. The molecular weight excluding hydrogens is 374 g/mol. The summed E-state index contributed by atoms with van der Waals surface area (Å²) in [5.41, 5.74) is 0.744. The first kappa shape index (κ1) is 20.3. The van der Waals surface area contributed by atoms with Crippen molar-refractivity contribution in [2.75, 3.05) is 7.05 Å². The Labute approximate surface area is 168 Å². The smallest absolute Gasteiger partial charge is 0.339 e. The van der Waals surface area contributed by atoms with Crippen molar-refractivity contribution >= 4 is 11.9 Å². The molecule has 1 amide bonds. The number of furan rings is 1. The Bertz CT molecular complexity index is 1060. The lowest BCUT2D eigenvalue weighted by atomic mass is 9.96. The second kappa shape index (κ2) is 7.54. The number of amides is 1. The normalized spacial score (nSPS) is 11.5. The number of carbonyl (C=O) groups is 2. The Morgan fingerprint density at radius 1 is 1.17 bits per heavy atom. The minimum absolute atomic E-state index is 0.0850. The van der Waals surface area contributed by atoms with Crippen LogP contribution < -0.4 is 0 Å². The molecule has 152 valence electrons. The van der Waals surface area contributed by atoms with Gasteiger partial charge in [-0.2, -0.15) is 4.98 Å². The number of benzene rings is 1. The second-order valence-corrected chi connectivity index (χ2v) is 7.87. The number of aromatic nitrogens is 2. The minimum Gasteiger partial charge on any atom is -0.478 e. The van der Waals surface area contributed by atoms with Crippen molar-refractivity contribution in [3.8, 4) is 11.5 Å². The number of aromatic carboxylic acids is 1. The number of carboxylic acids is 1. The molecule has 0 aliphatic rings. The molecule has 0 unspecified atom stereocenters. The molecule has 29 heavy (non-hydrogen) atoms. The van der Waals surface area contributed by atoms with Crippen LogP contribution in [-0.4, -0.2) is 39.1 Å². The van der Waals surface area contributed by atoms with Gasteiger partial charge in [-0.15, -0.1) is 0 Å². The molecule has 8 heteroatoms. The Balaban J connectivity index is 1.87. The highest BCUT2D eigenvalue weighted by atomic mass is 16.5.